The largest absolute Gasteiger partial charge is 0.458 e. The molecule has 4 N–H and O–H groups in total. The molecule has 3 aromatic carbocycles. The van der Waals surface area contributed by atoms with E-state index < -0.39 is 18.0 Å². The molecule has 1 saturated carbocycles. The molecule has 0 bridgehead atoms. The van der Waals surface area contributed by atoms with Gasteiger partial charge in [0.05, 0.1) is 5.92 Å². The van der Waals surface area contributed by atoms with Crippen LogP contribution in [0.3, 0.4) is 0 Å². The summed E-state index contributed by atoms with van der Waals surface area (Å²) < 4.78 is 40.4. The maximum atomic E-state index is 14.9. The third kappa shape index (κ3) is 7.62. The van der Waals surface area contributed by atoms with Crippen molar-refractivity contribution in [2.75, 3.05) is 11.5 Å². The van der Waals surface area contributed by atoms with Gasteiger partial charge in [-0.15, -0.1) is 0 Å². The van der Waals surface area contributed by atoms with Crippen LogP contribution >= 0.6 is 0 Å². The number of carbonyl (C=O) groups is 1. The maximum absolute atomic E-state index is 14.9. The van der Waals surface area contributed by atoms with Crippen LogP contribution in [-0.4, -0.2) is 12.1 Å². The fraction of sp³-hybridized carbons (Fsp3) is 0.333. The first kappa shape index (κ1) is 29.1. The molecule has 2 unspecified atom stereocenters. The number of esters is 1. The minimum absolute atomic E-state index is 0.00943. The van der Waals surface area contributed by atoms with Crippen molar-refractivity contribution in [3.8, 4) is 16.9 Å². The van der Waals surface area contributed by atoms with E-state index in [1.807, 2.05) is 12.1 Å². The minimum atomic E-state index is -3.21. The number of alkyl halides is 2. The van der Waals surface area contributed by atoms with E-state index in [2.05, 4.69) is 13.8 Å². The van der Waals surface area contributed by atoms with Crippen molar-refractivity contribution >= 4 is 23.4 Å². The van der Waals surface area contributed by atoms with Gasteiger partial charge in [-0.1, -0.05) is 56.9 Å². The maximum Gasteiger partial charge on any atom is 0.400 e. The first-order valence-corrected chi connectivity index (χ1v) is 13.8. The SMILES string of the molecule is [CH2]c1cc(N)ccc1-c1ccc(N)cc1COC(=O)/C=C/c1ccc(OC(F)(F)C2CCCC(CCC)C2)cc1. The number of halogens is 2. The Labute approximate surface area is 235 Å². The molecular formula is C33H37F2N2O3. The van der Waals surface area contributed by atoms with E-state index in [1.54, 1.807) is 42.5 Å². The van der Waals surface area contributed by atoms with Gasteiger partial charge >= 0.3 is 12.1 Å². The molecular weight excluding hydrogens is 510 g/mol. The number of carbonyl (C=O) groups excluding carboxylic acids is 1. The molecule has 0 amide bonds. The topological polar surface area (TPSA) is 87.6 Å². The monoisotopic (exact) mass is 547 g/mol. The second-order valence-electron chi connectivity index (χ2n) is 10.5. The fourth-order valence-corrected chi connectivity index (χ4v) is 5.39. The number of hydrogen-bond donors (Lipinski definition) is 2. The summed E-state index contributed by atoms with van der Waals surface area (Å²) in [6.45, 7) is 6.16. The molecule has 0 aliphatic heterocycles. The van der Waals surface area contributed by atoms with Crippen molar-refractivity contribution in [1.29, 1.82) is 0 Å². The summed E-state index contributed by atoms with van der Waals surface area (Å²) >= 11 is 0. The van der Waals surface area contributed by atoms with E-state index in [9.17, 15) is 13.6 Å². The highest BCUT2D eigenvalue weighted by Crippen LogP contribution is 2.41. The Kier molecular flexibility index (Phi) is 9.46. The third-order valence-corrected chi connectivity index (χ3v) is 7.42. The van der Waals surface area contributed by atoms with Gasteiger partial charge in [0.1, 0.15) is 12.4 Å². The molecule has 3 aromatic rings. The van der Waals surface area contributed by atoms with Gasteiger partial charge in [-0.25, -0.2) is 4.79 Å². The number of rotatable bonds is 10. The number of anilines is 2. The standard InChI is InChI=1S/C33H37F2N2O3/c1-3-5-24-6-4-7-26(19-24)33(34,35)40-29-13-8-23(9-14-29)10-17-32(38)39-21-25-20-28(37)12-16-31(25)30-15-11-27(36)18-22(30)2/h8-18,20,24,26H,2-7,19,21,36-37H2,1H3/b17-10+. The second kappa shape index (κ2) is 13.0. The van der Waals surface area contributed by atoms with Crippen molar-refractivity contribution in [2.45, 2.75) is 58.2 Å². The molecule has 2 atom stereocenters. The van der Waals surface area contributed by atoms with Gasteiger partial charge in [-0.2, -0.15) is 8.78 Å². The van der Waals surface area contributed by atoms with Crippen molar-refractivity contribution in [3.05, 3.63) is 90.4 Å². The van der Waals surface area contributed by atoms with Crippen LogP contribution in [0.5, 0.6) is 5.75 Å². The van der Waals surface area contributed by atoms with Crippen molar-refractivity contribution in [2.24, 2.45) is 11.8 Å². The predicted octanol–water partition coefficient (Wildman–Crippen LogP) is 8.03. The molecule has 1 aliphatic carbocycles. The number of nitrogen functional groups attached to an aromatic ring is 2. The number of benzene rings is 3. The lowest BCUT2D eigenvalue weighted by molar-refractivity contribution is -0.225. The minimum Gasteiger partial charge on any atom is -0.458 e. The molecule has 0 heterocycles. The van der Waals surface area contributed by atoms with Crippen molar-refractivity contribution in [3.63, 3.8) is 0 Å². The van der Waals surface area contributed by atoms with Crippen LogP contribution in [0.25, 0.3) is 17.2 Å². The molecule has 1 radical (unpaired) electrons. The number of ether oxygens (including phenoxy) is 2. The Balaban J connectivity index is 1.34. The van der Waals surface area contributed by atoms with Crippen molar-refractivity contribution in [1.82, 2.24) is 0 Å². The summed E-state index contributed by atoms with van der Waals surface area (Å²) in [7, 11) is 0. The second-order valence-corrected chi connectivity index (χ2v) is 10.5. The zero-order valence-electron chi connectivity index (χ0n) is 22.9. The highest BCUT2D eigenvalue weighted by atomic mass is 19.3. The molecule has 1 fully saturated rings. The molecule has 0 spiro atoms. The van der Waals surface area contributed by atoms with Gasteiger partial charge in [-0.3, -0.25) is 0 Å². The Bertz CT molecular complexity index is 1340. The Morgan fingerprint density at radius 2 is 1.73 bits per heavy atom. The summed E-state index contributed by atoms with van der Waals surface area (Å²) in [4.78, 5) is 12.4. The zero-order chi connectivity index (χ0) is 28.7. The highest BCUT2D eigenvalue weighted by molar-refractivity contribution is 5.87. The van der Waals surface area contributed by atoms with E-state index in [-0.39, 0.29) is 12.4 Å². The summed E-state index contributed by atoms with van der Waals surface area (Å²) in [5.74, 6) is -0.877. The predicted molar refractivity (Wildman–Crippen MR) is 156 cm³/mol. The normalized spacial score (nSPS) is 17.6. The van der Waals surface area contributed by atoms with E-state index in [1.165, 1.54) is 18.2 Å². The quantitative estimate of drug-likeness (QED) is 0.152. The molecule has 1 aliphatic rings. The van der Waals surface area contributed by atoms with Crippen LogP contribution in [0.2, 0.25) is 0 Å². The Hall–Kier alpha value is -3.87. The molecule has 0 saturated heterocycles. The van der Waals surface area contributed by atoms with E-state index in [0.29, 0.717) is 35.7 Å². The molecule has 0 aromatic heterocycles. The van der Waals surface area contributed by atoms with Crippen molar-refractivity contribution < 1.29 is 23.0 Å². The zero-order valence-corrected chi connectivity index (χ0v) is 22.9. The van der Waals surface area contributed by atoms with Gasteiger partial charge < -0.3 is 20.9 Å². The first-order chi connectivity index (χ1) is 19.1. The number of hydrogen-bond acceptors (Lipinski definition) is 5. The van der Waals surface area contributed by atoms with Crippen LogP contribution < -0.4 is 16.2 Å². The van der Waals surface area contributed by atoms with Crippen LogP contribution in [0.4, 0.5) is 20.2 Å². The van der Waals surface area contributed by atoms with Gasteiger partial charge in [0, 0.05) is 17.5 Å². The smallest absolute Gasteiger partial charge is 0.400 e. The van der Waals surface area contributed by atoms with E-state index in [0.717, 1.165) is 47.9 Å². The molecule has 7 heteroatoms. The summed E-state index contributed by atoms with van der Waals surface area (Å²) in [5.41, 5.74) is 16.8. The van der Waals surface area contributed by atoms with Gasteiger partial charge in [0.2, 0.25) is 0 Å². The third-order valence-electron chi connectivity index (χ3n) is 7.42. The van der Waals surface area contributed by atoms with Crippen LogP contribution in [0.15, 0.2) is 66.7 Å². The lowest BCUT2D eigenvalue weighted by Crippen LogP contribution is -2.37. The van der Waals surface area contributed by atoms with E-state index in [4.69, 9.17) is 20.9 Å². The Morgan fingerprint density at radius 1 is 1.02 bits per heavy atom. The van der Waals surface area contributed by atoms with Crippen LogP contribution in [0, 0.1) is 18.8 Å². The Morgan fingerprint density at radius 3 is 2.42 bits per heavy atom. The lowest BCUT2D eigenvalue weighted by Gasteiger charge is -2.33. The van der Waals surface area contributed by atoms with Gasteiger partial charge in [-0.05, 0) is 96.0 Å². The average Bonchev–Trinajstić information content (AvgIpc) is 2.92. The molecule has 4 rings (SSSR count). The molecule has 211 valence electrons. The van der Waals surface area contributed by atoms with Crippen LogP contribution in [0.1, 0.15) is 62.1 Å². The summed E-state index contributed by atoms with van der Waals surface area (Å²) in [5, 5.41) is 0. The summed E-state index contributed by atoms with van der Waals surface area (Å²) in [6, 6.07) is 17.1. The highest BCUT2D eigenvalue weighted by Gasteiger charge is 2.44. The number of nitrogens with two attached hydrogens (primary N) is 2. The lowest BCUT2D eigenvalue weighted by atomic mass is 9.79. The van der Waals surface area contributed by atoms with Crippen LogP contribution in [-0.2, 0) is 16.1 Å². The van der Waals surface area contributed by atoms with Gasteiger partial charge in [0.25, 0.3) is 0 Å². The fourth-order valence-electron chi connectivity index (χ4n) is 5.39. The average molecular weight is 548 g/mol. The van der Waals surface area contributed by atoms with E-state index >= 15 is 0 Å². The first-order valence-electron chi connectivity index (χ1n) is 13.8. The van der Waals surface area contributed by atoms with Gasteiger partial charge in [0.15, 0.2) is 0 Å². The molecule has 5 nitrogen and oxygen atoms in total. The molecule has 40 heavy (non-hydrogen) atoms. The summed E-state index contributed by atoms with van der Waals surface area (Å²) in [6.07, 6.45) is 4.44.